The maximum atomic E-state index is 12.0. The summed E-state index contributed by atoms with van der Waals surface area (Å²) in [6, 6.07) is 6.02. The number of hydrogen-bond donors (Lipinski definition) is 2. The van der Waals surface area contributed by atoms with E-state index in [9.17, 15) is 8.42 Å². The Morgan fingerprint density at radius 2 is 1.95 bits per heavy atom. The van der Waals surface area contributed by atoms with Crippen LogP contribution < -0.4 is 10.5 Å². The lowest BCUT2D eigenvalue weighted by Crippen LogP contribution is -2.25. The molecule has 0 atom stereocenters. The fourth-order valence-electron chi connectivity index (χ4n) is 1.51. The zero-order valence-electron chi connectivity index (χ0n) is 10.4. The Bertz CT molecular complexity index is 670. The topological polar surface area (TPSA) is 98.0 Å². The molecule has 1 heterocycles. The second-order valence-electron chi connectivity index (χ2n) is 3.99. The van der Waals surface area contributed by atoms with Gasteiger partial charge in [0.25, 0.3) is 0 Å². The van der Waals surface area contributed by atoms with Crippen LogP contribution >= 0.6 is 22.9 Å². The van der Waals surface area contributed by atoms with Gasteiger partial charge in [0, 0.05) is 18.0 Å². The monoisotopic (exact) mass is 332 g/mol. The van der Waals surface area contributed by atoms with Crippen molar-refractivity contribution >= 4 is 38.1 Å². The van der Waals surface area contributed by atoms with Gasteiger partial charge in [-0.2, -0.15) is 0 Å². The lowest BCUT2D eigenvalue weighted by Gasteiger charge is -2.06. The summed E-state index contributed by atoms with van der Waals surface area (Å²) >= 11 is 7.03. The quantitative estimate of drug-likeness (QED) is 0.784. The minimum absolute atomic E-state index is 0.196. The van der Waals surface area contributed by atoms with E-state index in [1.807, 2.05) is 0 Å². The molecule has 0 radical (unpaired) electrons. The van der Waals surface area contributed by atoms with Crippen LogP contribution in [0.3, 0.4) is 0 Å². The van der Waals surface area contributed by atoms with Crippen LogP contribution in [0.5, 0.6) is 0 Å². The first-order valence-corrected chi connectivity index (χ1v) is 8.48. The number of nitrogen functional groups attached to an aromatic ring is 1. The number of nitrogens with zero attached hydrogens (tertiary/aromatic N) is 2. The van der Waals surface area contributed by atoms with Crippen molar-refractivity contribution in [2.24, 2.45) is 0 Å². The first kappa shape index (κ1) is 15.2. The summed E-state index contributed by atoms with van der Waals surface area (Å²) < 4.78 is 26.4. The molecule has 0 unspecified atom stereocenters. The number of rotatable bonds is 6. The number of benzene rings is 1. The number of halogens is 1. The summed E-state index contributed by atoms with van der Waals surface area (Å²) in [5.74, 6) is 0. The molecule has 0 spiro atoms. The Balaban J connectivity index is 1.85. The number of nitrogens with one attached hydrogen (secondary N) is 1. The van der Waals surface area contributed by atoms with Gasteiger partial charge in [0.1, 0.15) is 5.01 Å². The van der Waals surface area contributed by atoms with Crippen LogP contribution in [0.4, 0.5) is 5.13 Å². The predicted octanol–water partition coefficient (Wildman–Crippen LogP) is 1.68. The molecular formula is C11H13ClN4O2S2. The third-order valence-corrected chi connectivity index (χ3v) is 5.01. The van der Waals surface area contributed by atoms with Crippen molar-refractivity contribution in [2.75, 3.05) is 12.3 Å². The second-order valence-corrected chi connectivity index (χ2v) is 7.29. The van der Waals surface area contributed by atoms with Crippen molar-refractivity contribution in [1.29, 1.82) is 0 Å². The molecular weight excluding hydrogens is 320 g/mol. The Morgan fingerprint density at radius 3 is 2.55 bits per heavy atom. The van der Waals surface area contributed by atoms with Crippen LogP contribution in [0.25, 0.3) is 0 Å². The highest BCUT2D eigenvalue weighted by molar-refractivity contribution is 7.89. The largest absolute Gasteiger partial charge is 0.374 e. The smallest absolute Gasteiger partial charge is 0.240 e. The SMILES string of the molecule is Nc1nnc(CCCNS(=O)(=O)c2ccc(Cl)cc2)s1. The molecule has 1 aromatic carbocycles. The molecule has 9 heteroatoms. The van der Waals surface area contributed by atoms with Crippen molar-refractivity contribution < 1.29 is 8.42 Å². The molecule has 0 amide bonds. The molecule has 0 bridgehead atoms. The van der Waals surface area contributed by atoms with E-state index in [0.29, 0.717) is 29.5 Å². The highest BCUT2D eigenvalue weighted by Crippen LogP contribution is 2.14. The standard InChI is InChI=1S/C11H13ClN4O2S2/c12-8-3-5-9(6-4-8)20(17,18)14-7-1-2-10-15-16-11(13)19-10/h3-6,14H,1-2,7H2,(H2,13,16). The average Bonchev–Trinajstić information content (AvgIpc) is 2.81. The molecule has 2 aromatic rings. The third-order valence-electron chi connectivity index (χ3n) is 2.47. The zero-order valence-corrected chi connectivity index (χ0v) is 12.8. The van der Waals surface area contributed by atoms with Crippen LogP contribution in [-0.4, -0.2) is 25.2 Å². The Morgan fingerprint density at radius 1 is 1.25 bits per heavy atom. The van der Waals surface area contributed by atoms with E-state index in [0.717, 1.165) is 5.01 Å². The minimum Gasteiger partial charge on any atom is -0.374 e. The zero-order chi connectivity index (χ0) is 14.6. The Hall–Kier alpha value is -1.22. The van der Waals surface area contributed by atoms with Gasteiger partial charge in [-0.05, 0) is 30.7 Å². The van der Waals surface area contributed by atoms with E-state index in [1.54, 1.807) is 12.1 Å². The maximum absolute atomic E-state index is 12.0. The lowest BCUT2D eigenvalue weighted by atomic mass is 10.3. The normalized spacial score (nSPS) is 11.7. The van der Waals surface area contributed by atoms with Gasteiger partial charge in [-0.25, -0.2) is 13.1 Å². The molecule has 0 aliphatic heterocycles. The van der Waals surface area contributed by atoms with Crippen molar-refractivity contribution in [3.63, 3.8) is 0 Å². The fourth-order valence-corrected chi connectivity index (χ4v) is 3.36. The van der Waals surface area contributed by atoms with E-state index in [4.69, 9.17) is 17.3 Å². The van der Waals surface area contributed by atoms with Crippen molar-refractivity contribution in [1.82, 2.24) is 14.9 Å². The third kappa shape index (κ3) is 4.14. The predicted molar refractivity (Wildman–Crippen MR) is 79.3 cm³/mol. The number of aryl methyl sites for hydroxylation is 1. The molecule has 0 aliphatic rings. The number of sulfonamides is 1. The molecule has 108 valence electrons. The molecule has 2 rings (SSSR count). The molecule has 3 N–H and O–H groups in total. The van der Waals surface area contributed by atoms with Crippen LogP contribution in [0.15, 0.2) is 29.2 Å². The van der Waals surface area contributed by atoms with Crippen LogP contribution in [-0.2, 0) is 16.4 Å². The molecule has 6 nitrogen and oxygen atoms in total. The number of hydrogen-bond acceptors (Lipinski definition) is 6. The van der Waals surface area contributed by atoms with E-state index in [-0.39, 0.29) is 4.90 Å². The number of anilines is 1. The van der Waals surface area contributed by atoms with E-state index in [2.05, 4.69) is 14.9 Å². The average molecular weight is 333 g/mol. The molecule has 0 fully saturated rings. The molecule has 0 saturated heterocycles. The minimum atomic E-state index is -3.49. The lowest BCUT2D eigenvalue weighted by molar-refractivity contribution is 0.579. The van der Waals surface area contributed by atoms with Gasteiger partial charge in [0.2, 0.25) is 15.2 Å². The van der Waals surface area contributed by atoms with Crippen LogP contribution in [0.1, 0.15) is 11.4 Å². The van der Waals surface area contributed by atoms with Gasteiger partial charge >= 0.3 is 0 Å². The number of aromatic nitrogens is 2. The van der Waals surface area contributed by atoms with Crippen molar-refractivity contribution in [3.8, 4) is 0 Å². The van der Waals surface area contributed by atoms with Gasteiger partial charge in [-0.3, -0.25) is 0 Å². The molecule has 1 aromatic heterocycles. The molecule has 0 saturated carbocycles. The van der Waals surface area contributed by atoms with Gasteiger partial charge in [-0.15, -0.1) is 10.2 Å². The summed E-state index contributed by atoms with van der Waals surface area (Å²) in [5.41, 5.74) is 5.46. The summed E-state index contributed by atoms with van der Waals surface area (Å²) in [4.78, 5) is 0.196. The first-order valence-electron chi connectivity index (χ1n) is 5.80. The van der Waals surface area contributed by atoms with Crippen molar-refractivity contribution in [3.05, 3.63) is 34.3 Å². The van der Waals surface area contributed by atoms with E-state index >= 15 is 0 Å². The highest BCUT2D eigenvalue weighted by atomic mass is 35.5. The second kappa shape index (κ2) is 6.49. The number of nitrogens with two attached hydrogens (primary N) is 1. The highest BCUT2D eigenvalue weighted by Gasteiger charge is 2.12. The summed E-state index contributed by atoms with van der Waals surface area (Å²) in [5, 5.41) is 9.28. The van der Waals surface area contributed by atoms with Crippen LogP contribution in [0, 0.1) is 0 Å². The molecule has 20 heavy (non-hydrogen) atoms. The summed E-state index contributed by atoms with van der Waals surface area (Å²) in [6.45, 7) is 0.324. The van der Waals surface area contributed by atoms with Gasteiger partial charge < -0.3 is 5.73 Å². The maximum Gasteiger partial charge on any atom is 0.240 e. The van der Waals surface area contributed by atoms with Gasteiger partial charge in [-0.1, -0.05) is 22.9 Å². The summed E-state index contributed by atoms with van der Waals surface area (Å²) in [6.07, 6.45) is 1.26. The van der Waals surface area contributed by atoms with Crippen LogP contribution in [0.2, 0.25) is 5.02 Å². The Kier molecular flexibility index (Phi) is 4.92. The first-order chi connectivity index (χ1) is 9.47. The van der Waals surface area contributed by atoms with E-state index < -0.39 is 10.0 Å². The van der Waals surface area contributed by atoms with Gasteiger partial charge in [0.05, 0.1) is 4.90 Å². The molecule has 0 aliphatic carbocycles. The summed E-state index contributed by atoms with van der Waals surface area (Å²) in [7, 11) is -3.49. The van der Waals surface area contributed by atoms with Gasteiger partial charge in [0.15, 0.2) is 0 Å². The fraction of sp³-hybridized carbons (Fsp3) is 0.273. The van der Waals surface area contributed by atoms with E-state index in [1.165, 1.54) is 23.5 Å². The van der Waals surface area contributed by atoms with Crippen molar-refractivity contribution in [2.45, 2.75) is 17.7 Å². The Labute approximate surface area is 126 Å².